The van der Waals surface area contributed by atoms with Gasteiger partial charge in [-0.2, -0.15) is 0 Å². The lowest BCUT2D eigenvalue weighted by molar-refractivity contribution is 0.0715. The van der Waals surface area contributed by atoms with Gasteiger partial charge in [-0.3, -0.25) is 14.6 Å². The van der Waals surface area contributed by atoms with E-state index in [1.165, 1.54) is 11.1 Å². The summed E-state index contributed by atoms with van der Waals surface area (Å²) in [6.45, 7) is 1.46. The topological polar surface area (TPSA) is 53.5 Å². The van der Waals surface area contributed by atoms with Crippen LogP contribution in [0.1, 0.15) is 27.1 Å². The van der Waals surface area contributed by atoms with Gasteiger partial charge in [-0.25, -0.2) is 8.78 Å². The quantitative estimate of drug-likeness (QED) is 0.840. The molecule has 0 aliphatic carbocycles. The van der Waals surface area contributed by atoms with Crippen molar-refractivity contribution in [2.24, 2.45) is 0 Å². The Hall–Kier alpha value is -2.83. The van der Waals surface area contributed by atoms with Crippen molar-refractivity contribution in [3.63, 3.8) is 0 Å². The Labute approximate surface area is 143 Å². The fraction of sp³-hybridized carbons (Fsp3) is 0.278. The van der Waals surface area contributed by atoms with Crippen LogP contribution < -0.4 is 0 Å². The van der Waals surface area contributed by atoms with Crippen molar-refractivity contribution >= 4 is 11.8 Å². The highest BCUT2D eigenvalue weighted by molar-refractivity contribution is 5.95. The molecule has 1 saturated heterocycles. The number of rotatable bonds is 2. The second-order valence-corrected chi connectivity index (χ2v) is 5.80. The van der Waals surface area contributed by atoms with Gasteiger partial charge >= 0.3 is 0 Å². The van der Waals surface area contributed by atoms with E-state index >= 15 is 0 Å². The highest BCUT2D eigenvalue weighted by Crippen LogP contribution is 2.15. The standard InChI is InChI=1S/C18H17F2N3O2/c19-14-4-5-16(20)15(11-14)18(25)23-8-2-7-22(9-10-23)17(24)13-3-1-6-21-12-13/h1,3-6,11-12H,2,7-10H2. The molecular formula is C18H17F2N3O2. The first-order chi connectivity index (χ1) is 12.1. The molecule has 1 fully saturated rings. The normalized spacial score (nSPS) is 15.0. The van der Waals surface area contributed by atoms with Crippen LogP contribution in [0.2, 0.25) is 0 Å². The lowest BCUT2D eigenvalue weighted by Crippen LogP contribution is -2.37. The number of hydrogen-bond acceptors (Lipinski definition) is 3. The van der Waals surface area contributed by atoms with Crippen molar-refractivity contribution in [3.05, 3.63) is 65.5 Å². The highest BCUT2D eigenvalue weighted by Gasteiger charge is 2.25. The van der Waals surface area contributed by atoms with Gasteiger partial charge < -0.3 is 9.80 Å². The molecule has 0 N–H and O–H groups in total. The molecule has 1 aromatic heterocycles. The van der Waals surface area contributed by atoms with E-state index in [0.717, 1.165) is 18.2 Å². The number of carbonyl (C=O) groups is 2. The van der Waals surface area contributed by atoms with E-state index in [0.29, 0.717) is 31.6 Å². The predicted molar refractivity (Wildman–Crippen MR) is 87.0 cm³/mol. The Bertz CT molecular complexity index is 783. The van der Waals surface area contributed by atoms with Crippen molar-refractivity contribution < 1.29 is 18.4 Å². The summed E-state index contributed by atoms with van der Waals surface area (Å²) in [5, 5.41) is 0. The van der Waals surface area contributed by atoms with Gasteiger partial charge in [0.2, 0.25) is 0 Å². The molecule has 1 aromatic carbocycles. The molecule has 2 heterocycles. The van der Waals surface area contributed by atoms with Crippen LogP contribution in [0, 0.1) is 11.6 Å². The van der Waals surface area contributed by atoms with E-state index in [4.69, 9.17) is 0 Å². The van der Waals surface area contributed by atoms with Gasteiger partial charge in [0.25, 0.3) is 11.8 Å². The SMILES string of the molecule is O=C(c1cccnc1)N1CCCN(C(=O)c2cc(F)ccc2F)CC1. The van der Waals surface area contributed by atoms with Crippen molar-refractivity contribution in [2.45, 2.75) is 6.42 Å². The van der Waals surface area contributed by atoms with E-state index in [-0.39, 0.29) is 18.0 Å². The molecule has 2 aromatic rings. The van der Waals surface area contributed by atoms with Crippen molar-refractivity contribution in [2.75, 3.05) is 26.2 Å². The average molecular weight is 345 g/mol. The summed E-state index contributed by atoms with van der Waals surface area (Å²) in [7, 11) is 0. The van der Waals surface area contributed by atoms with Gasteiger partial charge in [0.05, 0.1) is 11.1 Å². The van der Waals surface area contributed by atoms with E-state index in [1.54, 1.807) is 23.2 Å². The Morgan fingerprint density at radius 2 is 1.68 bits per heavy atom. The third kappa shape index (κ3) is 3.81. The first-order valence-electron chi connectivity index (χ1n) is 8.00. The number of amides is 2. The molecule has 0 saturated carbocycles. The lowest BCUT2D eigenvalue weighted by Gasteiger charge is -2.22. The van der Waals surface area contributed by atoms with Crippen molar-refractivity contribution in [1.29, 1.82) is 0 Å². The third-order valence-electron chi connectivity index (χ3n) is 4.14. The molecule has 7 heteroatoms. The predicted octanol–water partition coefficient (Wildman–Crippen LogP) is 2.35. The molecular weight excluding hydrogens is 328 g/mol. The van der Waals surface area contributed by atoms with Gasteiger partial charge in [0, 0.05) is 38.6 Å². The fourth-order valence-electron chi connectivity index (χ4n) is 2.83. The fourth-order valence-corrected chi connectivity index (χ4v) is 2.83. The van der Waals surface area contributed by atoms with Crippen LogP contribution in [-0.2, 0) is 0 Å². The molecule has 1 aliphatic heterocycles. The Morgan fingerprint density at radius 3 is 2.36 bits per heavy atom. The lowest BCUT2D eigenvalue weighted by atomic mass is 10.1. The number of halogens is 2. The summed E-state index contributed by atoms with van der Waals surface area (Å²) in [4.78, 5) is 32.0. The molecule has 5 nitrogen and oxygen atoms in total. The largest absolute Gasteiger partial charge is 0.337 e. The molecule has 3 rings (SSSR count). The van der Waals surface area contributed by atoms with Crippen LogP contribution in [0.4, 0.5) is 8.78 Å². The van der Waals surface area contributed by atoms with Crippen LogP contribution in [0.25, 0.3) is 0 Å². The number of hydrogen-bond donors (Lipinski definition) is 0. The van der Waals surface area contributed by atoms with E-state index < -0.39 is 17.5 Å². The number of benzene rings is 1. The van der Waals surface area contributed by atoms with Gasteiger partial charge in [-0.05, 0) is 36.8 Å². The minimum Gasteiger partial charge on any atom is -0.337 e. The second kappa shape index (κ2) is 7.38. The molecule has 0 bridgehead atoms. The average Bonchev–Trinajstić information content (AvgIpc) is 2.89. The zero-order valence-electron chi connectivity index (χ0n) is 13.5. The van der Waals surface area contributed by atoms with E-state index in [2.05, 4.69) is 4.98 Å². The minimum atomic E-state index is -0.751. The summed E-state index contributed by atoms with van der Waals surface area (Å²) in [6, 6.07) is 6.20. The monoisotopic (exact) mass is 345 g/mol. The summed E-state index contributed by atoms with van der Waals surface area (Å²) >= 11 is 0. The first-order valence-corrected chi connectivity index (χ1v) is 8.00. The van der Waals surface area contributed by atoms with Crippen LogP contribution in [-0.4, -0.2) is 52.8 Å². The molecule has 0 unspecified atom stereocenters. The second-order valence-electron chi connectivity index (χ2n) is 5.80. The van der Waals surface area contributed by atoms with Crippen molar-refractivity contribution in [3.8, 4) is 0 Å². The third-order valence-corrected chi connectivity index (χ3v) is 4.14. The summed E-state index contributed by atoms with van der Waals surface area (Å²) in [5.41, 5.74) is 0.200. The summed E-state index contributed by atoms with van der Waals surface area (Å²) in [5.74, 6) is -2.13. The van der Waals surface area contributed by atoms with Gasteiger partial charge in [-0.15, -0.1) is 0 Å². The molecule has 0 spiro atoms. The van der Waals surface area contributed by atoms with Crippen molar-refractivity contribution in [1.82, 2.24) is 14.8 Å². The molecule has 25 heavy (non-hydrogen) atoms. The first kappa shape index (κ1) is 17.0. The summed E-state index contributed by atoms with van der Waals surface area (Å²) < 4.78 is 27.1. The molecule has 0 radical (unpaired) electrons. The number of nitrogens with zero attached hydrogens (tertiary/aromatic N) is 3. The Morgan fingerprint density at radius 1 is 0.960 bits per heavy atom. The van der Waals surface area contributed by atoms with E-state index in [1.807, 2.05) is 0 Å². The molecule has 1 aliphatic rings. The van der Waals surface area contributed by atoms with Crippen LogP contribution in [0.5, 0.6) is 0 Å². The number of pyridine rings is 1. The van der Waals surface area contributed by atoms with Gasteiger partial charge in [-0.1, -0.05) is 0 Å². The van der Waals surface area contributed by atoms with E-state index in [9.17, 15) is 18.4 Å². The highest BCUT2D eigenvalue weighted by atomic mass is 19.1. The maximum Gasteiger partial charge on any atom is 0.256 e. The van der Waals surface area contributed by atoms with Gasteiger partial charge in [0.1, 0.15) is 11.6 Å². The van der Waals surface area contributed by atoms with Crippen LogP contribution in [0.15, 0.2) is 42.7 Å². The molecule has 130 valence electrons. The molecule has 0 atom stereocenters. The van der Waals surface area contributed by atoms with Crippen LogP contribution >= 0.6 is 0 Å². The smallest absolute Gasteiger partial charge is 0.256 e. The molecule has 2 amide bonds. The Kier molecular flexibility index (Phi) is 5.02. The maximum absolute atomic E-state index is 13.8. The number of aromatic nitrogens is 1. The number of carbonyl (C=O) groups excluding carboxylic acids is 2. The van der Waals surface area contributed by atoms with Crippen LogP contribution in [0.3, 0.4) is 0 Å². The zero-order chi connectivity index (χ0) is 17.8. The Balaban J connectivity index is 1.70. The summed E-state index contributed by atoms with van der Waals surface area (Å²) in [6.07, 6.45) is 3.65. The maximum atomic E-state index is 13.8. The minimum absolute atomic E-state index is 0.153. The zero-order valence-corrected chi connectivity index (χ0v) is 13.5. The van der Waals surface area contributed by atoms with Gasteiger partial charge in [0.15, 0.2) is 0 Å².